The zero-order valence-electron chi connectivity index (χ0n) is 11.6. The van der Waals surface area contributed by atoms with Gasteiger partial charge in [0.2, 0.25) is 6.23 Å². The van der Waals surface area contributed by atoms with Crippen molar-refractivity contribution in [3.05, 3.63) is 30.1 Å². The van der Waals surface area contributed by atoms with Crippen LogP contribution in [0, 0.1) is 0 Å². The number of aliphatic hydroxyl groups excluding tert-OH is 1. The number of benzene rings is 1. The van der Waals surface area contributed by atoms with Crippen LogP contribution in [0.25, 0.3) is 0 Å². The number of carbonyl (C=O) groups excluding carboxylic acids is 1. The number of thioether (sulfide) groups is 1. The molecule has 24 heavy (non-hydrogen) atoms. The van der Waals surface area contributed by atoms with E-state index in [1.165, 1.54) is 6.20 Å². The van der Waals surface area contributed by atoms with Gasteiger partial charge < -0.3 is 20.5 Å². The second kappa shape index (κ2) is 4.70. The van der Waals surface area contributed by atoms with E-state index in [2.05, 4.69) is 10.6 Å². The number of nitrogens with one attached hydrogen (secondary N) is 2. The van der Waals surface area contributed by atoms with Gasteiger partial charge >= 0.3 is 10.2 Å². The maximum atomic E-state index is 12.8. The average molecular weight is 390 g/mol. The number of fused-ring (bicyclic) bond motifs is 1. The summed E-state index contributed by atoms with van der Waals surface area (Å²) in [4.78, 5) is 9.36. The van der Waals surface area contributed by atoms with Crippen LogP contribution in [0.4, 0.5) is 19.4 Å². The van der Waals surface area contributed by atoms with Crippen molar-refractivity contribution in [3.63, 3.8) is 0 Å². The van der Waals surface area contributed by atoms with Crippen LogP contribution in [-0.4, -0.2) is 29.1 Å². The summed E-state index contributed by atoms with van der Waals surface area (Å²) in [5, 5.41) is 13.8. The number of hydrogen-bond donors (Lipinski definition) is 3. The molecule has 0 saturated heterocycles. The van der Waals surface area contributed by atoms with E-state index in [4.69, 9.17) is 4.74 Å². The molecule has 0 bridgehead atoms. The molecule has 134 valence electrons. The van der Waals surface area contributed by atoms with Crippen LogP contribution in [-0.2, 0) is 4.79 Å². The normalized spacial score (nSPS) is 26.8. The van der Waals surface area contributed by atoms with E-state index in [9.17, 15) is 29.3 Å². The molecule has 5 nitrogen and oxygen atoms in total. The Bertz CT molecular complexity index is 753. The lowest BCUT2D eigenvalue weighted by Gasteiger charge is -2.41. The van der Waals surface area contributed by atoms with Crippen LogP contribution >= 0.6 is 22.0 Å². The van der Waals surface area contributed by atoms with E-state index in [1.807, 2.05) is 0 Å². The van der Waals surface area contributed by atoms with Gasteiger partial charge in [0, 0.05) is 18.0 Å². The van der Waals surface area contributed by atoms with E-state index in [1.54, 1.807) is 0 Å². The van der Waals surface area contributed by atoms with E-state index < -0.39 is 32.5 Å². The molecule has 1 aromatic carbocycles. The van der Waals surface area contributed by atoms with Crippen molar-refractivity contribution in [1.82, 2.24) is 10.6 Å². The van der Waals surface area contributed by atoms with Crippen LogP contribution in [0.1, 0.15) is 0 Å². The van der Waals surface area contributed by atoms with Crippen molar-refractivity contribution in [2.45, 2.75) is 21.3 Å². The largest absolute Gasteiger partial charge is 0.491 e. The van der Waals surface area contributed by atoms with Gasteiger partial charge in [0.25, 0.3) is 5.91 Å². The van der Waals surface area contributed by atoms with Crippen LogP contribution in [0.3, 0.4) is 0 Å². The topological polar surface area (TPSA) is 70.6 Å². The van der Waals surface area contributed by atoms with Crippen molar-refractivity contribution < 1.29 is 34.1 Å². The fourth-order valence-electron chi connectivity index (χ4n) is 2.12. The highest BCUT2D eigenvalue weighted by Crippen LogP contribution is 3.02. The number of carbonyl (C=O) groups is 1. The minimum atomic E-state index is -9.76. The molecule has 3 N–H and O–H groups in total. The quantitative estimate of drug-likeness (QED) is 0.677. The van der Waals surface area contributed by atoms with E-state index in [-0.39, 0.29) is 17.3 Å². The summed E-state index contributed by atoms with van der Waals surface area (Å²) in [6.45, 7) is -0.122. The predicted octanol–water partition coefficient (Wildman–Crippen LogP) is 3.08. The predicted molar refractivity (Wildman–Crippen MR) is 78.3 cm³/mol. The molecule has 0 saturated carbocycles. The molecular weight excluding hydrogens is 379 g/mol. The third kappa shape index (κ3) is 3.39. The fraction of sp³-hybridized carbons (Fsp3) is 0.250. The lowest BCUT2D eigenvalue weighted by Crippen LogP contribution is -2.49. The van der Waals surface area contributed by atoms with Crippen molar-refractivity contribution in [3.8, 4) is 5.75 Å². The van der Waals surface area contributed by atoms with Crippen molar-refractivity contribution >= 4 is 27.9 Å². The van der Waals surface area contributed by atoms with Crippen LogP contribution in [0.2, 0.25) is 0 Å². The van der Waals surface area contributed by atoms with Gasteiger partial charge in [-0.15, -0.1) is 11.8 Å². The number of aliphatic hydroxyl groups is 1. The Morgan fingerprint density at radius 1 is 1.25 bits per heavy atom. The molecular formula is C12H11F5N2O3S2. The maximum absolute atomic E-state index is 12.8. The van der Waals surface area contributed by atoms with Crippen LogP contribution in [0.5, 0.6) is 5.75 Å². The Hall–Kier alpha value is -1.66. The monoisotopic (exact) mass is 390 g/mol. The number of amides is 1. The van der Waals surface area contributed by atoms with E-state index >= 15 is 0 Å². The van der Waals surface area contributed by atoms with Gasteiger partial charge in [-0.3, -0.25) is 4.79 Å². The second-order valence-electron chi connectivity index (χ2n) is 5.15. The first-order valence-corrected chi connectivity index (χ1v) is 9.29. The summed E-state index contributed by atoms with van der Waals surface area (Å²) in [6.07, 6.45) is -0.146. The van der Waals surface area contributed by atoms with Crippen molar-refractivity contribution in [1.29, 1.82) is 0 Å². The molecule has 1 aromatic rings. The Labute approximate surface area is 137 Å². The van der Waals surface area contributed by atoms with E-state index in [0.29, 0.717) is 17.8 Å². The SMILES string of the molecule is O=C1NC=C([C@@H]2COc3cc(S(F)(F)(F)(F)F)ccc3S2)NC1O. The molecule has 3 rings (SSSR count). The first-order valence-electron chi connectivity index (χ1n) is 6.46. The molecule has 1 unspecified atom stereocenters. The molecule has 1 amide bonds. The molecule has 0 fully saturated rings. The third-order valence-electron chi connectivity index (χ3n) is 3.29. The summed E-state index contributed by atoms with van der Waals surface area (Å²) in [5.41, 5.74) is 0.398. The van der Waals surface area contributed by atoms with Crippen molar-refractivity contribution in [2.75, 3.05) is 6.61 Å². The van der Waals surface area contributed by atoms with Gasteiger partial charge in [-0.1, -0.05) is 19.4 Å². The Morgan fingerprint density at radius 2 is 1.96 bits per heavy atom. The Morgan fingerprint density at radius 3 is 2.58 bits per heavy atom. The molecule has 12 heteroatoms. The summed E-state index contributed by atoms with van der Waals surface area (Å²) in [6, 6.07) is 1.52. The highest BCUT2D eigenvalue weighted by Gasteiger charge is 2.65. The third-order valence-corrected chi connectivity index (χ3v) is 5.70. The molecule has 2 aliphatic rings. The maximum Gasteiger partial charge on any atom is 0.310 e. The zero-order chi connectivity index (χ0) is 17.8. The number of halogens is 5. The standard InChI is InChI=1S/C12H11F5N2O3S2/c13-24(14,15,16,17)6-1-2-9-8(3-6)22-5-10(23-9)7-4-18-11(20)12(21)19-7/h1-4,10,12,19,21H,5H2,(H,18,20)/t10-,12?/m0/s1. The highest BCUT2D eigenvalue weighted by molar-refractivity contribution is 8.45. The number of hydrogen-bond acceptors (Lipinski definition) is 5. The number of ether oxygens (including phenoxy) is 1. The molecule has 0 spiro atoms. The molecule has 0 aliphatic carbocycles. The average Bonchev–Trinajstić information content (AvgIpc) is 2.46. The summed E-state index contributed by atoms with van der Waals surface area (Å²) >= 11 is 1.07. The second-order valence-corrected chi connectivity index (χ2v) is 8.80. The van der Waals surface area contributed by atoms with Gasteiger partial charge in [-0.25, -0.2) is 0 Å². The first kappa shape index (κ1) is 17.2. The van der Waals surface area contributed by atoms with Gasteiger partial charge in [0.15, 0.2) is 0 Å². The van der Waals surface area contributed by atoms with Crippen molar-refractivity contribution in [2.24, 2.45) is 0 Å². The minimum Gasteiger partial charge on any atom is -0.491 e. The van der Waals surface area contributed by atoms with Gasteiger partial charge in [-0.2, -0.15) is 0 Å². The smallest absolute Gasteiger partial charge is 0.310 e. The summed E-state index contributed by atoms with van der Waals surface area (Å²) < 4.78 is 69.2. The van der Waals surface area contributed by atoms with Crippen LogP contribution in [0.15, 0.2) is 39.9 Å². The molecule has 2 heterocycles. The van der Waals surface area contributed by atoms with Crippen LogP contribution < -0.4 is 15.4 Å². The zero-order valence-corrected chi connectivity index (χ0v) is 13.3. The van der Waals surface area contributed by atoms with Gasteiger partial charge in [0.1, 0.15) is 17.3 Å². The molecule has 0 radical (unpaired) electrons. The minimum absolute atomic E-state index is 0.122. The summed E-state index contributed by atoms with van der Waals surface area (Å²) in [5.74, 6) is -0.940. The fourth-order valence-corrected chi connectivity index (χ4v) is 3.86. The number of rotatable bonds is 2. The molecule has 2 aliphatic heterocycles. The van der Waals surface area contributed by atoms with E-state index in [0.717, 1.165) is 17.8 Å². The Kier molecular flexibility index (Phi) is 3.36. The first-order chi connectivity index (χ1) is 10.8. The highest BCUT2D eigenvalue weighted by atomic mass is 32.5. The molecule has 0 aromatic heterocycles. The molecule has 2 atom stereocenters. The van der Waals surface area contributed by atoms with Gasteiger partial charge in [0.05, 0.1) is 10.1 Å². The summed E-state index contributed by atoms with van der Waals surface area (Å²) in [7, 11) is -9.76. The lowest BCUT2D eigenvalue weighted by atomic mass is 10.2. The Balaban J connectivity index is 1.85. The van der Waals surface area contributed by atoms with Gasteiger partial charge in [-0.05, 0) is 12.1 Å². The lowest BCUT2D eigenvalue weighted by molar-refractivity contribution is -0.130.